The van der Waals surface area contributed by atoms with Crippen LogP contribution in [-0.2, 0) is 6.42 Å². The van der Waals surface area contributed by atoms with Crippen LogP contribution in [0.15, 0.2) is 22.7 Å². The topological polar surface area (TPSA) is 50.9 Å². The van der Waals surface area contributed by atoms with E-state index in [9.17, 15) is 0 Å². The van der Waals surface area contributed by atoms with E-state index in [1.54, 1.807) is 0 Å². The molecule has 1 aromatic carbocycles. The van der Waals surface area contributed by atoms with E-state index in [1.807, 2.05) is 12.1 Å². The number of aromatic nitrogens is 1. The van der Waals surface area contributed by atoms with E-state index in [0.717, 1.165) is 39.6 Å². The molecule has 0 unspecified atom stereocenters. The average molecular weight is 294 g/mol. The van der Waals surface area contributed by atoms with Crippen molar-refractivity contribution in [1.29, 1.82) is 0 Å². The number of nitrogens with one attached hydrogen (secondary N) is 1. The highest BCUT2D eigenvalue weighted by Gasteiger charge is 2.09. The van der Waals surface area contributed by atoms with Gasteiger partial charge in [-0.3, -0.25) is 10.8 Å². The second kappa shape index (κ2) is 5.02. The molecule has 0 atom stereocenters. The first kappa shape index (κ1) is 12.3. The van der Waals surface area contributed by atoms with Gasteiger partial charge in [0.05, 0.1) is 11.2 Å². The van der Waals surface area contributed by atoms with Crippen molar-refractivity contribution in [2.24, 2.45) is 5.84 Å². The Bertz CT molecular complexity index is 552. The molecule has 0 radical (unpaired) electrons. The molecule has 3 nitrogen and oxygen atoms in total. The summed E-state index contributed by atoms with van der Waals surface area (Å²) in [6, 6.07) is 6.13. The minimum Gasteiger partial charge on any atom is -0.323 e. The van der Waals surface area contributed by atoms with Crippen LogP contribution >= 0.6 is 15.9 Å². The average Bonchev–Trinajstić information content (AvgIpc) is 2.33. The van der Waals surface area contributed by atoms with Crippen molar-refractivity contribution >= 4 is 32.5 Å². The standard InChI is InChI=1S/C13H16BrN3/c1-3-4-9-7-11(17-15)12-8(2)5-6-10(14)13(12)16-9/h5-7H,3-4,15H2,1-2H3,(H,16,17). The van der Waals surface area contributed by atoms with Gasteiger partial charge in [-0.25, -0.2) is 0 Å². The zero-order chi connectivity index (χ0) is 12.4. The van der Waals surface area contributed by atoms with Crippen LogP contribution < -0.4 is 11.3 Å². The van der Waals surface area contributed by atoms with Crippen LogP contribution in [0.4, 0.5) is 5.69 Å². The number of nitrogens with two attached hydrogens (primary N) is 1. The molecule has 0 saturated carbocycles. The summed E-state index contributed by atoms with van der Waals surface area (Å²) < 4.78 is 1.01. The fourth-order valence-corrected chi connectivity index (χ4v) is 2.45. The molecule has 0 aliphatic rings. The molecule has 0 fully saturated rings. The summed E-state index contributed by atoms with van der Waals surface area (Å²) in [6.45, 7) is 4.21. The van der Waals surface area contributed by atoms with E-state index >= 15 is 0 Å². The first-order valence-electron chi connectivity index (χ1n) is 5.72. The predicted molar refractivity (Wildman–Crippen MR) is 76.0 cm³/mol. The van der Waals surface area contributed by atoms with Crippen LogP contribution in [0.3, 0.4) is 0 Å². The van der Waals surface area contributed by atoms with Gasteiger partial charge < -0.3 is 5.43 Å². The van der Waals surface area contributed by atoms with Gasteiger partial charge in [0, 0.05) is 15.6 Å². The molecule has 0 amide bonds. The summed E-state index contributed by atoms with van der Waals surface area (Å²) in [5, 5.41) is 1.08. The molecule has 0 aliphatic carbocycles. The quantitative estimate of drug-likeness (QED) is 0.672. The molecule has 0 aliphatic heterocycles. The summed E-state index contributed by atoms with van der Waals surface area (Å²) in [5.41, 5.74) is 6.94. The van der Waals surface area contributed by atoms with E-state index < -0.39 is 0 Å². The Morgan fingerprint density at radius 2 is 2.18 bits per heavy atom. The lowest BCUT2D eigenvalue weighted by Gasteiger charge is -2.12. The van der Waals surface area contributed by atoms with Gasteiger partial charge in [0.25, 0.3) is 0 Å². The zero-order valence-electron chi connectivity index (χ0n) is 10.0. The molecule has 4 heteroatoms. The van der Waals surface area contributed by atoms with Gasteiger partial charge in [0.1, 0.15) is 0 Å². The molecule has 0 bridgehead atoms. The SMILES string of the molecule is CCCc1cc(NN)c2c(C)ccc(Br)c2n1. The number of hydrazine groups is 1. The number of nitrogen functional groups attached to an aromatic ring is 1. The van der Waals surface area contributed by atoms with Crippen molar-refractivity contribution in [3.63, 3.8) is 0 Å². The van der Waals surface area contributed by atoms with Crippen molar-refractivity contribution in [3.05, 3.63) is 33.9 Å². The van der Waals surface area contributed by atoms with Gasteiger partial charge in [-0.2, -0.15) is 0 Å². The Kier molecular flexibility index (Phi) is 3.64. The fourth-order valence-electron chi connectivity index (χ4n) is 2.03. The third kappa shape index (κ3) is 2.28. The van der Waals surface area contributed by atoms with E-state index in [-0.39, 0.29) is 0 Å². The number of pyridine rings is 1. The molecule has 90 valence electrons. The van der Waals surface area contributed by atoms with E-state index in [2.05, 4.69) is 41.3 Å². The molecule has 2 rings (SSSR count). The van der Waals surface area contributed by atoms with Crippen LogP contribution in [-0.4, -0.2) is 4.98 Å². The highest BCUT2D eigenvalue weighted by atomic mass is 79.9. The van der Waals surface area contributed by atoms with E-state index in [1.165, 1.54) is 5.56 Å². The highest BCUT2D eigenvalue weighted by Crippen LogP contribution is 2.31. The highest BCUT2D eigenvalue weighted by molar-refractivity contribution is 9.10. The van der Waals surface area contributed by atoms with Gasteiger partial charge in [-0.1, -0.05) is 19.4 Å². The van der Waals surface area contributed by atoms with E-state index in [4.69, 9.17) is 10.8 Å². The minimum absolute atomic E-state index is 0.942. The predicted octanol–water partition coefficient (Wildman–Crippen LogP) is 3.54. The van der Waals surface area contributed by atoms with Gasteiger partial charge in [0.2, 0.25) is 0 Å². The maximum absolute atomic E-state index is 5.61. The van der Waals surface area contributed by atoms with Crippen molar-refractivity contribution in [2.75, 3.05) is 5.43 Å². The molecule has 1 heterocycles. The summed E-state index contributed by atoms with van der Waals surface area (Å²) in [7, 11) is 0. The molecule has 2 aromatic rings. The number of aryl methyl sites for hydroxylation is 2. The van der Waals surface area contributed by atoms with Crippen LogP contribution in [0.5, 0.6) is 0 Å². The lowest BCUT2D eigenvalue weighted by atomic mass is 10.1. The second-order valence-corrected chi connectivity index (χ2v) is 5.00. The molecule has 3 N–H and O–H groups in total. The van der Waals surface area contributed by atoms with Gasteiger partial charge in [-0.05, 0) is 47.0 Å². The first-order valence-corrected chi connectivity index (χ1v) is 6.52. The Hall–Kier alpha value is -1.13. The number of benzene rings is 1. The van der Waals surface area contributed by atoms with Crippen LogP contribution in [0.2, 0.25) is 0 Å². The number of halogens is 1. The lowest BCUT2D eigenvalue weighted by Crippen LogP contribution is -2.09. The molecule has 17 heavy (non-hydrogen) atoms. The second-order valence-electron chi connectivity index (χ2n) is 4.14. The summed E-state index contributed by atoms with van der Waals surface area (Å²) in [6.07, 6.45) is 2.04. The van der Waals surface area contributed by atoms with Crippen molar-refractivity contribution in [3.8, 4) is 0 Å². The number of nitrogens with zero attached hydrogens (tertiary/aromatic N) is 1. The van der Waals surface area contributed by atoms with Crippen molar-refractivity contribution in [1.82, 2.24) is 4.98 Å². The third-order valence-corrected chi connectivity index (χ3v) is 3.47. The van der Waals surface area contributed by atoms with Crippen LogP contribution in [0, 0.1) is 6.92 Å². The van der Waals surface area contributed by atoms with Crippen molar-refractivity contribution in [2.45, 2.75) is 26.7 Å². The number of anilines is 1. The smallest absolute Gasteiger partial charge is 0.0871 e. The minimum atomic E-state index is 0.942. The van der Waals surface area contributed by atoms with Gasteiger partial charge in [-0.15, -0.1) is 0 Å². The molecular weight excluding hydrogens is 278 g/mol. The monoisotopic (exact) mass is 293 g/mol. The summed E-state index contributed by atoms with van der Waals surface area (Å²) in [5.74, 6) is 5.61. The molecule has 0 saturated heterocycles. The third-order valence-electron chi connectivity index (χ3n) is 2.83. The first-order chi connectivity index (χ1) is 8.17. The Balaban J connectivity index is 2.77. The van der Waals surface area contributed by atoms with Gasteiger partial charge >= 0.3 is 0 Å². The summed E-state index contributed by atoms with van der Waals surface area (Å²) >= 11 is 3.55. The van der Waals surface area contributed by atoms with Crippen molar-refractivity contribution < 1.29 is 0 Å². The maximum atomic E-state index is 5.61. The maximum Gasteiger partial charge on any atom is 0.0871 e. The molecule has 0 spiro atoms. The number of hydrogen-bond donors (Lipinski definition) is 2. The summed E-state index contributed by atoms with van der Waals surface area (Å²) in [4.78, 5) is 4.69. The molecule has 1 aromatic heterocycles. The lowest BCUT2D eigenvalue weighted by molar-refractivity contribution is 0.889. The number of hydrogen-bond acceptors (Lipinski definition) is 3. The van der Waals surface area contributed by atoms with E-state index in [0.29, 0.717) is 0 Å². The van der Waals surface area contributed by atoms with Crippen LogP contribution in [0.25, 0.3) is 10.9 Å². The normalized spacial score (nSPS) is 10.8. The number of fused-ring (bicyclic) bond motifs is 1. The Morgan fingerprint density at radius 3 is 2.82 bits per heavy atom. The number of rotatable bonds is 3. The zero-order valence-corrected chi connectivity index (χ0v) is 11.6. The molecular formula is C13H16BrN3. The van der Waals surface area contributed by atoms with Gasteiger partial charge in [0.15, 0.2) is 0 Å². The Labute approximate surface area is 110 Å². The Morgan fingerprint density at radius 1 is 1.41 bits per heavy atom. The van der Waals surface area contributed by atoms with Crippen LogP contribution in [0.1, 0.15) is 24.6 Å². The largest absolute Gasteiger partial charge is 0.323 e. The fraction of sp³-hybridized carbons (Fsp3) is 0.308.